The van der Waals surface area contributed by atoms with E-state index in [1.54, 1.807) is 0 Å². The summed E-state index contributed by atoms with van der Waals surface area (Å²) in [5, 5.41) is 7.30. The number of pyridine rings is 1. The Kier molecular flexibility index (Phi) is 4.33. The zero-order chi connectivity index (χ0) is 15.8. The van der Waals surface area contributed by atoms with Gasteiger partial charge in [-0.2, -0.15) is 5.10 Å². The van der Waals surface area contributed by atoms with Crippen molar-refractivity contribution in [2.24, 2.45) is 5.92 Å². The quantitative estimate of drug-likeness (QED) is 0.862. The number of aromatic nitrogens is 4. The van der Waals surface area contributed by atoms with Crippen LogP contribution in [0.5, 0.6) is 0 Å². The Morgan fingerprint density at radius 1 is 1.29 bits per heavy atom. The third kappa shape index (κ3) is 3.40. The Hall–Kier alpha value is -1.49. The van der Waals surface area contributed by atoms with Crippen molar-refractivity contribution in [2.75, 3.05) is 0 Å². The maximum absolute atomic E-state index is 5.34. The smallest absolute Gasteiger partial charge is 0.195 e. The summed E-state index contributed by atoms with van der Waals surface area (Å²) < 4.78 is 2.72. The van der Waals surface area contributed by atoms with Gasteiger partial charge in [0.15, 0.2) is 10.6 Å². The molecule has 4 nitrogen and oxygen atoms in total. The minimum absolute atomic E-state index is 0.0476. The first-order valence-electron chi connectivity index (χ1n) is 7.34. The van der Waals surface area contributed by atoms with Crippen LogP contribution in [0.15, 0.2) is 12.1 Å². The van der Waals surface area contributed by atoms with Crippen LogP contribution in [0.25, 0.3) is 11.4 Å². The number of H-pyrrole nitrogens is 1. The summed E-state index contributed by atoms with van der Waals surface area (Å²) in [6.07, 6.45) is 0. The summed E-state index contributed by atoms with van der Waals surface area (Å²) in [5.74, 6) is 1.38. The summed E-state index contributed by atoms with van der Waals surface area (Å²) in [4.78, 5) is 4.75. The number of rotatable bonds is 3. The third-order valence-corrected chi connectivity index (χ3v) is 3.71. The molecule has 114 valence electrons. The van der Waals surface area contributed by atoms with Gasteiger partial charge in [-0.1, -0.05) is 34.6 Å². The van der Waals surface area contributed by atoms with E-state index >= 15 is 0 Å². The predicted octanol–water partition coefficient (Wildman–Crippen LogP) is 4.26. The molecule has 0 spiro atoms. The molecule has 5 heteroatoms. The summed E-state index contributed by atoms with van der Waals surface area (Å²) in [6.45, 7) is 13.7. The second-order valence-electron chi connectivity index (χ2n) is 6.94. The van der Waals surface area contributed by atoms with E-state index in [9.17, 15) is 0 Å². The van der Waals surface area contributed by atoms with E-state index < -0.39 is 0 Å². The molecule has 0 saturated carbocycles. The number of aromatic amines is 1. The molecule has 0 unspecified atom stereocenters. The van der Waals surface area contributed by atoms with E-state index in [4.69, 9.17) is 17.2 Å². The highest BCUT2D eigenvalue weighted by Crippen LogP contribution is 2.26. The van der Waals surface area contributed by atoms with Crippen LogP contribution in [-0.2, 0) is 12.0 Å². The zero-order valence-corrected chi connectivity index (χ0v) is 14.5. The van der Waals surface area contributed by atoms with Crippen molar-refractivity contribution in [1.29, 1.82) is 0 Å². The monoisotopic (exact) mass is 304 g/mol. The zero-order valence-electron chi connectivity index (χ0n) is 13.7. The molecule has 0 aliphatic rings. The molecule has 2 aromatic rings. The maximum Gasteiger partial charge on any atom is 0.195 e. The second-order valence-corrected chi connectivity index (χ2v) is 7.32. The minimum Gasteiger partial charge on any atom is -0.300 e. The Morgan fingerprint density at radius 2 is 1.95 bits per heavy atom. The lowest BCUT2D eigenvalue weighted by Gasteiger charge is -2.19. The van der Waals surface area contributed by atoms with E-state index in [1.165, 1.54) is 0 Å². The van der Waals surface area contributed by atoms with Crippen LogP contribution in [0.1, 0.15) is 46.0 Å². The van der Waals surface area contributed by atoms with Crippen LogP contribution >= 0.6 is 12.2 Å². The van der Waals surface area contributed by atoms with Gasteiger partial charge in [-0.25, -0.2) is 0 Å². The third-order valence-electron chi connectivity index (χ3n) is 3.40. The standard InChI is InChI=1S/C16H24N4S/c1-10(2)9-20-14(18-19-15(20)21)12-7-8-13(16(4,5)6)17-11(12)3/h7-8,10H,9H2,1-6H3,(H,19,21). The fourth-order valence-corrected chi connectivity index (χ4v) is 2.48. The molecule has 0 aliphatic heterocycles. The minimum atomic E-state index is 0.0476. The molecule has 0 saturated heterocycles. The van der Waals surface area contributed by atoms with Gasteiger partial charge in [0.2, 0.25) is 0 Å². The Bertz CT molecular complexity index is 689. The van der Waals surface area contributed by atoms with Crippen LogP contribution in [-0.4, -0.2) is 19.7 Å². The second kappa shape index (κ2) is 5.72. The lowest BCUT2D eigenvalue weighted by molar-refractivity contribution is 0.521. The lowest BCUT2D eigenvalue weighted by Crippen LogP contribution is -2.14. The molecule has 0 fully saturated rings. The van der Waals surface area contributed by atoms with Crippen molar-refractivity contribution in [1.82, 2.24) is 19.7 Å². The SMILES string of the molecule is Cc1nc(C(C)(C)C)ccc1-c1n[nH]c(=S)n1CC(C)C. The summed E-state index contributed by atoms with van der Waals surface area (Å²) in [7, 11) is 0. The number of nitrogens with one attached hydrogen (secondary N) is 1. The van der Waals surface area contributed by atoms with Crippen molar-refractivity contribution in [3.63, 3.8) is 0 Å². The van der Waals surface area contributed by atoms with Gasteiger partial charge in [-0.15, -0.1) is 0 Å². The largest absolute Gasteiger partial charge is 0.300 e. The fourth-order valence-electron chi connectivity index (χ4n) is 2.27. The van der Waals surface area contributed by atoms with Crippen LogP contribution in [0.2, 0.25) is 0 Å². The van der Waals surface area contributed by atoms with Crippen LogP contribution < -0.4 is 0 Å². The van der Waals surface area contributed by atoms with Gasteiger partial charge in [-0.3, -0.25) is 14.6 Å². The van der Waals surface area contributed by atoms with E-state index in [2.05, 4.69) is 61.5 Å². The highest BCUT2D eigenvalue weighted by molar-refractivity contribution is 7.71. The maximum atomic E-state index is 5.34. The van der Waals surface area contributed by atoms with Gasteiger partial charge in [0.05, 0.1) is 0 Å². The topological polar surface area (TPSA) is 46.5 Å². The van der Waals surface area contributed by atoms with Crippen molar-refractivity contribution >= 4 is 12.2 Å². The van der Waals surface area contributed by atoms with Crippen LogP contribution in [0, 0.1) is 17.6 Å². The number of nitrogens with zero attached hydrogens (tertiary/aromatic N) is 3. The molecule has 1 N–H and O–H groups in total. The van der Waals surface area contributed by atoms with E-state index in [0.717, 1.165) is 29.3 Å². The molecular weight excluding hydrogens is 280 g/mol. The van der Waals surface area contributed by atoms with Crippen molar-refractivity contribution < 1.29 is 0 Å². The van der Waals surface area contributed by atoms with Crippen molar-refractivity contribution in [2.45, 2.75) is 53.5 Å². The van der Waals surface area contributed by atoms with Gasteiger partial charge in [-0.05, 0) is 37.2 Å². The molecule has 0 aromatic carbocycles. The number of aryl methyl sites for hydroxylation is 1. The molecule has 2 rings (SSSR count). The molecule has 0 radical (unpaired) electrons. The Balaban J connectivity index is 2.51. The van der Waals surface area contributed by atoms with E-state index in [0.29, 0.717) is 10.7 Å². The van der Waals surface area contributed by atoms with Crippen molar-refractivity contribution in [3.05, 3.63) is 28.3 Å². The van der Waals surface area contributed by atoms with Crippen LogP contribution in [0.4, 0.5) is 0 Å². The van der Waals surface area contributed by atoms with Crippen LogP contribution in [0.3, 0.4) is 0 Å². The average Bonchev–Trinajstić information content (AvgIpc) is 2.69. The average molecular weight is 304 g/mol. The molecule has 0 amide bonds. The Morgan fingerprint density at radius 3 is 2.48 bits per heavy atom. The van der Waals surface area contributed by atoms with E-state index in [-0.39, 0.29) is 5.41 Å². The van der Waals surface area contributed by atoms with Gasteiger partial charge >= 0.3 is 0 Å². The summed E-state index contributed by atoms with van der Waals surface area (Å²) >= 11 is 5.34. The van der Waals surface area contributed by atoms with Gasteiger partial charge in [0.1, 0.15) is 0 Å². The highest BCUT2D eigenvalue weighted by atomic mass is 32.1. The molecule has 2 heterocycles. The normalized spacial score (nSPS) is 12.1. The molecular formula is C16H24N4S. The summed E-state index contributed by atoms with van der Waals surface area (Å²) in [5.41, 5.74) is 3.16. The Labute approximate surface area is 131 Å². The molecule has 0 bridgehead atoms. The van der Waals surface area contributed by atoms with Crippen molar-refractivity contribution in [3.8, 4) is 11.4 Å². The highest BCUT2D eigenvalue weighted by Gasteiger charge is 2.18. The van der Waals surface area contributed by atoms with Gasteiger partial charge < -0.3 is 0 Å². The number of hydrogen-bond donors (Lipinski definition) is 1. The molecule has 0 aliphatic carbocycles. The molecule has 21 heavy (non-hydrogen) atoms. The fraction of sp³-hybridized carbons (Fsp3) is 0.562. The first-order valence-corrected chi connectivity index (χ1v) is 7.74. The van der Waals surface area contributed by atoms with Gasteiger partial charge in [0, 0.05) is 28.9 Å². The summed E-state index contributed by atoms with van der Waals surface area (Å²) in [6, 6.07) is 4.18. The first kappa shape index (κ1) is 15.9. The molecule has 2 aromatic heterocycles. The molecule has 0 atom stereocenters. The van der Waals surface area contributed by atoms with E-state index in [1.807, 2.05) is 6.92 Å². The lowest BCUT2D eigenvalue weighted by atomic mass is 9.91. The predicted molar refractivity (Wildman–Crippen MR) is 88.9 cm³/mol. The number of hydrogen-bond acceptors (Lipinski definition) is 3. The first-order chi connectivity index (χ1) is 9.70. The van der Waals surface area contributed by atoms with Gasteiger partial charge in [0.25, 0.3) is 0 Å².